The predicted molar refractivity (Wildman–Crippen MR) is 70.0 cm³/mol. The van der Waals surface area contributed by atoms with Gasteiger partial charge in [0, 0.05) is 6.42 Å². The lowest BCUT2D eigenvalue weighted by Crippen LogP contribution is -2.49. The van der Waals surface area contributed by atoms with Gasteiger partial charge in [-0.2, -0.15) is 0 Å². The van der Waals surface area contributed by atoms with Crippen LogP contribution in [0.4, 0.5) is 4.79 Å². The third-order valence-corrected chi connectivity index (χ3v) is 2.68. The number of amides is 1. The zero-order valence-corrected chi connectivity index (χ0v) is 12.2. The van der Waals surface area contributed by atoms with Crippen molar-refractivity contribution in [1.82, 2.24) is 4.90 Å². The number of rotatable bonds is 1. The molecule has 1 aliphatic heterocycles. The summed E-state index contributed by atoms with van der Waals surface area (Å²) in [5.74, 6) is 5.84. The number of carbonyl (C=O) groups is 1. The molecule has 4 nitrogen and oxygen atoms in total. The summed E-state index contributed by atoms with van der Waals surface area (Å²) in [6.45, 7) is 11.6. The molecule has 0 spiro atoms. The Balaban J connectivity index is 2.83. The molecule has 0 aromatic rings. The summed E-state index contributed by atoms with van der Waals surface area (Å²) in [6, 6.07) is -0.0395. The molecule has 1 saturated heterocycles. The lowest BCUT2D eigenvalue weighted by Gasteiger charge is -2.34. The molecule has 0 N–H and O–H groups in total. The maximum Gasteiger partial charge on any atom is 0.412 e. The van der Waals surface area contributed by atoms with E-state index in [1.165, 1.54) is 0 Å². The summed E-state index contributed by atoms with van der Waals surface area (Å²) in [7, 11) is 0. The highest BCUT2D eigenvalue weighted by Gasteiger charge is 2.45. The summed E-state index contributed by atoms with van der Waals surface area (Å²) >= 11 is 0. The van der Waals surface area contributed by atoms with Crippen molar-refractivity contribution in [2.45, 2.75) is 65.3 Å². The van der Waals surface area contributed by atoms with Crippen LogP contribution in [0.2, 0.25) is 0 Å². The Bertz CT molecular complexity index is 371. The van der Waals surface area contributed by atoms with Crippen LogP contribution in [0.5, 0.6) is 0 Å². The van der Waals surface area contributed by atoms with Gasteiger partial charge in [-0.1, -0.05) is 0 Å². The van der Waals surface area contributed by atoms with E-state index in [9.17, 15) is 4.79 Å². The molecule has 0 aliphatic carbocycles. The zero-order valence-electron chi connectivity index (χ0n) is 12.2. The maximum atomic E-state index is 12.2. The molecule has 1 atom stereocenters. The Morgan fingerprint density at radius 3 is 2.61 bits per heavy atom. The molecular weight excluding hydrogens is 230 g/mol. The van der Waals surface area contributed by atoms with Crippen molar-refractivity contribution in [2.24, 2.45) is 0 Å². The second kappa shape index (κ2) is 5.19. The van der Waals surface area contributed by atoms with Crippen molar-refractivity contribution < 1.29 is 14.3 Å². The van der Waals surface area contributed by atoms with E-state index >= 15 is 0 Å². The van der Waals surface area contributed by atoms with Gasteiger partial charge >= 0.3 is 6.09 Å². The van der Waals surface area contributed by atoms with E-state index < -0.39 is 11.3 Å². The van der Waals surface area contributed by atoms with E-state index in [4.69, 9.17) is 9.47 Å². The predicted octanol–water partition coefficient (Wildman–Crippen LogP) is 2.77. The summed E-state index contributed by atoms with van der Waals surface area (Å²) in [6.07, 6.45) is 0.270. The topological polar surface area (TPSA) is 38.8 Å². The minimum Gasteiger partial charge on any atom is -0.444 e. The molecule has 0 aromatic heterocycles. The fourth-order valence-corrected chi connectivity index (χ4v) is 1.93. The lowest BCUT2D eigenvalue weighted by atomic mass is 10.1. The van der Waals surface area contributed by atoms with Gasteiger partial charge in [-0.05, 0) is 41.5 Å². The first-order valence-electron chi connectivity index (χ1n) is 6.23. The van der Waals surface area contributed by atoms with Crippen LogP contribution in [-0.4, -0.2) is 35.0 Å². The molecule has 0 saturated carbocycles. The van der Waals surface area contributed by atoms with Crippen molar-refractivity contribution in [3.8, 4) is 11.8 Å². The van der Waals surface area contributed by atoms with Crippen LogP contribution < -0.4 is 0 Å². The first kappa shape index (κ1) is 14.8. The van der Waals surface area contributed by atoms with Crippen LogP contribution in [0.15, 0.2) is 0 Å². The highest BCUT2D eigenvalue weighted by Crippen LogP contribution is 2.30. The van der Waals surface area contributed by atoms with Gasteiger partial charge < -0.3 is 9.47 Å². The average Bonchev–Trinajstić information content (AvgIpc) is 2.48. The summed E-state index contributed by atoms with van der Waals surface area (Å²) in [5, 5.41) is 0. The van der Waals surface area contributed by atoms with E-state index in [1.807, 2.05) is 34.6 Å². The first-order valence-corrected chi connectivity index (χ1v) is 6.23. The minimum atomic E-state index is -0.636. The van der Waals surface area contributed by atoms with Crippen LogP contribution in [0.3, 0.4) is 0 Å². The first-order chi connectivity index (χ1) is 8.17. The van der Waals surface area contributed by atoms with Gasteiger partial charge in [0.15, 0.2) is 0 Å². The van der Waals surface area contributed by atoms with Crippen molar-refractivity contribution in [2.75, 3.05) is 6.61 Å². The Morgan fingerprint density at radius 2 is 2.11 bits per heavy atom. The maximum absolute atomic E-state index is 12.2. The van der Waals surface area contributed by atoms with Crippen molar-refractivity contribution in [1.29, 1.82) is 0 Å². The minimum absolute atomic E-state index is 0.0395. The molecule has 0 aromatic carbocycles. The van der Waals surface area contributed by atoms with Gasteiger partial charge in [0.2, 0.25) is 0 Å². The Kier molecular flexibility index (Phi) is 4.28. The molecule has 102 valence electrons. The van der Waals surface area contributed by atoms with Gasteiger partial charge in [-0.15, -0.1) is 11.8 Å². The number of ether oxygens (including phenoxy) is 2. The van der Waals surface area contributed by atoms with Crippen molar-refractivity contribution >= 4 is 6.09 Å². The van der Waals surface area contributed by atoms with E-state index in [1.54, 1.807) is 11.8 Å². The average molecular weight is 253 g/mol. The molecule has 0 unspecified atom stereocenters. The molecule has 0 radical (unpaired) electrons. The summed E-state index contributed by atoms with van der Waals surface area (Å²) in [4.78, 5) is 13.9. The Morgan fingerprint density at radius 1 is 1.50 bits per heavy atom. The third-order valence-electron chi connectivity index (χ3n) is 2.68. The largest absolute Gasteiger partial charge is 0.444 e. The Hall–Kier alpha value is -1.21. The highest BCUT2D eigenvalue weighted by molar-refractivity contribution is 5.69. The van der Waals surface area contributed by atoms with Crippen LogP contribution in [-0.2, 0) is 9.47 Å². The molecule has 1 aliphatic rings. The normalized spacial score (nSPS) is 22.3. The van der Waals surface area contributed by atoms with Crippen LogP contribution in [0.25, 0.3) is 0 Å². The zero-order chi connectivity index (χ0) is 14.0. The van der Waals surface area contributed by atoms with Crippen molar-refractivity contribution in [3.05, 3.63) is 0 Å². The van der Waals surface area contributed by atoms with Gasteiger partial charge in [0.25, 0.3) is 0 Å². The van der Waals surface area contributed by atoms with Crippen LogP contribution in [0.1, 0.15) is 48.0 Å². The number of hydrogen-bond donors (Lipinski definition) is 0. The molecule has 4 heteroatoms. The fraction of sp³-hybridized carbons (Fsp3) is 0.786. The third kappa shape index (κ3) is 3.64. The van der Waals surface area contributed by atoms with Crippen LogP contribution >= 0.6 is 0 Å². The molecular formula is C14H23NO3. The highest BCUT2D eigenvalue weighted by atomic mass is 16.6. The number of nitrogens with zero attached hydrogens (tertiary/aromatic N) is 1. The summed E-state index contributed by atoms with van der Waals surface area (Å²) < 4.78 is 11.1. The fourth-order valence-electron chi connectivity index (χ4n) is 1.93. The van der Waals surface area contributed by atoms with E-state index in [0.717, 1.165) is 0 Å². The quantitative estimate of drug-likeness (QED) is 0.674. The number of carbonyl (C=O) groups excluding carboxylic acids is 1. The van der Waals surface area contributed by atoms with Gasteiger partial charge in [-0.3, -0.25) is 4.90 Å². The number of hydrogen-bond acceptors (Lipinski definition) is 3. The second-order valence-corrected chi connectivity index (χ2v) is 5.89. The molecule has 1 rings (SSSR count). The molecule has 1 amide bonds. The summed E-state index contributed by atoms with van der Waals surface area (Å²) in [5.41, 5.74) is -1.14. The smallest absolute Gasteiger partial charge is 0.412 e. The van der Waals surface area contributed by atoms with Gasteiger partial charge in [-0.25, -0.2) is 4.79 Å². The lowest BCUT2D eigenvalue weighted by molar-refractivity contribution is -0.0622. The second-order valence-electron chi connectivity index (χ2n) is 5.89. The molecule has 1 heterocycles. The standard InChI is InChI=1S/C14H23NO3/c1-7-8-9-11-10-17-14(5,6)15(11)12(16)18-13(2,3)4/h11H,9-10H2,1-6H3/t11-/m1/s1. The van der Waals surface area contributed by atoms with E-state index in [2.05, 4.69) is 11.8 Å². The van der Waals surface area contributed by atoms with Gasteiger partial charge in [0.1, 0.15) is 11.3 Å². The monoisotopic (exact) mass is 253 g/mol. The van der Waals surface area contributed by atoms with E-state index in [-0.39, 0.29) is 12.1 Å². The molecule has 18 heavy (non-hydrogen) atoms. The van der Waals surface area contributed by atoms with Gasteiger partial charge in [0.05, 0.1) is 12.6 Å². The van der Waals surface area contributed by atoms with E-state index in [0.29, 0.717) is 13.0 Å². The SMILES string of the molecule is CC#CC[C@@H]1COC(C)(C)N1C(=O)OC(C)(C)C. The Labute approximate surface area is 110 Å². The van der Waals surface area contributed by atoms with Crippen molar-refractivity contribution in [3.63, 3.8) is 0 Å². The molecule has 0 bridgehead atoms. The molecule has 1 fully saturated rings. The van der Waals surface area contributed by atoms with Crippen LogP contribution in [0, 0.1) is 11.8 Å².